The topological polar surface area (TPSA) is 131 Å². The van der Waals surface area contributed by atoms with E-state index in [1.165, 1.54) is 48.2 Å². The second kappa shape index (κ2) is 15.4. The van der Waals surface area contributed by atoms with E-state index in [1.807, 2.05) is 0 Å². The molecule has 0 aliphatic heterocycles. The van der Waals surface area contributed by atoms with E-state index in [0.29, 0.717) is 11.3 Å². The van der Waals surface area contributed by atoms with Crippen LogP contribution in [0, 0.1) is 12.8 Å². The third-order valence-electron chi connectivity index (χ3n) is 5.63. The van der Waals surface area contributed by atoms with Gasteiger partial charge >= 0.3 is 12.1 Å². The molecule has 1 aromatic carbocycles. The number of carbonyl (C=O) groups is 4. The van der Waals surface area contributed by atoms with Gasteiger partial charge in [-0.2, -0.15) is 0 Å². The van der Waals surface area contributed by atoms with Crippen LogP contribution in [-0.2, 0) is 19.1 Å². The number of ether oxygens (including phenoxy) is 2. The first-order valence-corrected chi connectivity index (χ1v) is 13.3. The van der Waals surface area contributed by atoms with Crippen molar-refractivity contribution in [1.29, 1.82) is 0 Å². The van der Waals surface area contributed by atoms with Crippen LogP contribution < -0.4 is 10.6 Å². The quantitative estimate of drug-likeness (QED) is 0.169. The number of hydrogen-bond acceptors (Lipinski definition) is 7. The highest BCUT2D eigenvalue weighted by Crippen LogP contribution is 2.26. The largest absolute Gasteiger partial charge is 0.479 e. The van der Waals surface area contributed by atoms with Crippen molar-refractivity contribution in [3.8, 4) is 0 Å². The minimum atomic E-state index is -1.69. The summed E-state index contributed by atoms with van der Waals surface area (Å²) in [6.07, 6.45) is 3.92. The summed E-state index contributed by atoms with van der Waals surface area (Å²) < 4.78 is 9.95. The van der Waals surface area contributed by atoms with Crippen LogP contribution in [0.3, 0.4) is 0 Å². The standard InChI is InChI=1S/C25H32N2O7.C5H6S/c1-8-20(33-15-28)14-9-16(2)17(3)25(7,22(30)31)27-21(29)18-10-12-19(13-11-18)26-23(32)34-24(4,5)6;1-5-3-2-4-6-5/h8-15,17H,2H2,1,3-7H3,(H,26,32)(H,27,29)(H,30,31);2-4H,1H3/b14-9-,20-8+;. The maximum absolute atomic E-state index is 12.8. The minimum Gasteiger partial charge on any atom is -0.479 e. The number of rotatable bonds is 10. The Labute approximate surface area is 239 Å². The van der Waals surface area contributed by atoms with Crippen LogP contribution in [0.2, 0.25) is 0 Å². The highest BCUT2D eigenvalue weighted by Gasteiger charge is 2.41. The van der Waals surface area contributed by atoms with E-state index in [1.54, 1.807) is 52.0 Å². The molecular formula is C30H38N2O7S. The van der Waals surface area contributed by atoms with E-state index in [0.717, 1.165) is 0 Å². The van der Waals surface area contributed by atoms with Gasteiger partial charge in [0, 0.05) is 22.0 Å². The van der Waals surface area contributed by atoms with Crippen molar-refractivity contribution in [1.82, 2.24) is 5.32 Å². The second-order valence-corrected chi connectivity index (χ2v) is 11.1. The number of aryl methyl sites for hydroxylation is 1. The minimum absolute atomic E-state index is 0.200. The molecule has 2 unspecified atom stereocenters. The van der Waals surface area contributed by atoms with E-state index in [9.17, 15) is 24.3 Å². The van der Waals surface area contributed by atoms with E-state index in [-0.39, 0.29) is 17.8 Å². The number of aliphatic carboxylic acids is 1. The summed E-state index contributed by atoms with van der Waals surface area (Å²) >= 11 is 1.78. The molecule has 40 heavy (non-hydrogen) atoms. The Morgan fingerprint density at radius 3 is 2.12 bits per heavy atom. The SMILES string of the molecule is C=C(/C=C\C(=C/C)OC=O)C(C)C(C)(NC(=O)c1ccc(NC(=O)OC(C)(C)C)cc1)C(=O)O.Cc1cccs1. The lowest BCUT2D eigenvalue weighted by Gasteiger charge is -2.33. The lowest BCUT2D eigenvalue weighted by atomic mass is 9.81. The Morgan fingerprint density at radius 2 is 1.70 bits per heavy atom. The summed E-state index contributed by atoms with van der Waals surface area (Å²) in [5.74, 6) is -2.31. The number of hydrogen-bond donors (Lipinski definition) is 3. The first kappa shape index (κ1) is 33.8. The Balaban J connectivity index is 0.00000117. The Morgan fingerprint density at radius 1 is 1.07 bits per heavy atom. The van der Waals surface area contributed by atoms with Crippen LogP contribution in [0.4, 0.5) is 10.5 Å². The summed E-state index contributed by atoms with van der Waals surface area (Å²) in [6.45, 7) is 16.2. The number of carboxylic acid groups (broad SMARTS) is 1. The number of nitrogens with one attached hydrogen (secondary N) is 2. The molecule has 0 bridgehead atoms. The van der Waals surface area contributed by atoms with Crippen LogP contribution in [0.25, 0.3) is 0 Å². The highest BCUT2D eigenvalue weighted by atomic mass is 32.1. The molecule has 0 fully saturated rings. The van der Waals surface area contributed by atoms with Crippen molar-refractivity contribution < 1.29 is 33.8 Å². The molecule has 2 amide bonds. The van der Waals surface area contributed by atoms with Crippen molar-refractivity contribution in [3.05, 3.63) is 88.4 Å². The van der Waals surface area contributed by atoms with Gasteiger partial charge in [0.1, 0.15) is 16.9 Å². The van der Waals surface area contributed by atoms with Crippen LogP contribution in [0.1, 0.15) is 56.8 Å². The molecule has 0 aliphatic carbocycles. The van der Waals surface area contributed by atoms with Gasteiger partial charge in [-0.15, -0.1) is 11.3 Å². The lowest BCUT2D eigenvalue weighted by Crippen LogP contribution is -2.56. The maximum Gasteiger partial charge on any atom is 0.412 e. The third-order valence-corrected chi connectivity index (χ3v) is 6.43. The predicted molar refractivity (Wildman–Crippen MR) is 157 cm³/mol. The zero-order valence-electron chi connectivity index (χ0n) is 23.9. The Kier molecular flexibility index (Phi) is 13.0. The molecule has 0 saturated heterocycles. The van der Waals surface area contributed by atoms with Gasteiger partial charge in [-0.1, -0.05) is 25.6 Å². The molecule has 2 atom stereocenters. The first-order valence-electron chi connectivity index (χ1n) is 12.4. The van der Waals surface area contributed by atoms with E-state index < -0.39 is 35.0 Å². The molecule has 1 aromatic heterocycles. The van der Waals surface area contributed by atoms with Crippen molar-refractivity contribution in [2.45, 2.75) is 59.6 Å². The second-order valence-electron chi connectivity index (χ2n) is 9.92. The van der Waals surface area contributed by atoms with Gasteiger partial charge in [0.15, 0.2) is 0 Å². The monoisotopic (exact) mass is 570 g/mol. The molecule has 216 valence electrons. The normalized spacial score (nSPS) is 13.6. The van der Waals surface area contributed by atoms with Crippen LogP contribution in [0.5, 0.6) is 0 Å². The molecule has 2 aromatic rings. The molecule has 3 N–H and O–H groups in total. The zero-order chi connectivity index (χ0) is 30.5. The van der Waals surface area contributed by atoms with Crippen LogP contribution in [0.15, 0.2) is 77.9 Å². The molecule has 9 nitrogen and oxygen atoms in total. The van der Waals surface area contributed by atoms with Crippen LogP contribution in [-0.4, -0.2) is 40.7 Å². The van der Waals surface area contributed by atoms with Gasteiger partial charge in [0.2, 0.25) is 0 Å². The smallest absolute Gasteiger partial charge is 0.412 e. The zero-order valence-corrected chi connectivity index (χ0v) is 24.8. The molecule has 10 heteroatoms. The summed E-state index contributed by atoms with van der Waals surface area (Å²) in [6, 6.07) is 10.1. The molecule has 1 heterocycles. The molecule has 0 aliphatic rings. The molecule has 2 rings (SSSR count). The van der Waals surface area contributed by atoms with E-state index in [2.05, 4.69) is 41.6 Å². The molecule has 0 spiro atoms. The van der Waals surface area contributed by atoms with E-state index in [4.69, 9.17) is 9.47 Å². The number of anilines is 1. The fourth-order valence-electron chi connectivity index (χ4n) is 3.11. The van der Waals surface area contributed by atoms with Crippen molar-refractivity contribution >= 4 is 41.5 Å². The number of amides is 2. The van der Waals surface area contributed by atoms with Gasteiger partial charge in [-0.25, -0.2) is 9.59 Å². The van der Waals surface area contributed by atoms with Crippen molar-refractivity contribution in [3.63, 3.8) is 0 Å². The lowest BCUT2D eigenvalue weighted by molar-refractivity contribution is -0.145. The summed E-state index contributed by atoms with van der Waals surface area (Å²) in [7, 11) is 0. The molecular weight excluding hydrogens is 532 g/mol. The fourth-order valence-corrected chi connectivity index (χ4v) is 3.63. The van der Waals surface area contributed by atoms with Gasteiger partial charge in [0.25, 0.3) is 12.4 Å². The Bertz CT molecular complexity index is 1230. The highest BCUT2D eigenvalue weighted by molar-refractivity contribution is 7.09. The van der Waals surface area contributed by atoms with Gasteiger partial charge in [0.05, 0.1) is 0 Å². The average molecular weight is 571 g/mol. The Hall–Kier alpha value is -4.18. The number of benzene rings is 1. The number of carboxylic acids is 1. The van der Waals surface area contributed by atoms with Gasteiger partial charge in [-0.3, -0.25) is 14.9 Å². The molecule has 0 radical (unpaired) electrons. The van der Waals surface area contributed by atoms with Crippen molar-refractivity contribution in [2.75, 3.05) is 5.32 Å². The predicted octanol–water partition coefficient (Wildman–Crippen LogP) is 6.49. The van der Waals surface area contributed by atoms with Gasteiger partial charge < -0.3 is 19.9 Å². The number of thiophene rings is 1. The summed E-state index contributed by atoms with van der Waals surface area (Å²) in [4.78, 5) is 48.7. The van der Waals surface area contributed by atoms with Crippen molar-refractivity contribution in [2.24, 2.45) is 5.92 Å². The molecule has 0 saturated carbocycles. The van der Waals surface area contributed by atoms with Crippen LogP contribution >= 0.6 is 11.3 Å². The first-order chi connectivity index (χ1) is 18.6. The number of allylic oxidation sites excluding steroid dienone is 3. The number of carbonyl (C=O) groups excluding carboxylic acids is 3. The maximum atomic E-state index is 12.8. The third kappa shape index (κ3) is 11.3. The average Bonchev–Trinajstić information content (AvgIpc) is 3.36. The van der Waals surface area contributed by atoms with E-state index >= 15 is 0 Å². The summed E-state index contributed by atoms with van der Waals surface area (Å²) in [5, 5.41) is 17.1. The van der Waals surface area contributed by atoms with Gasteiger partial charge in [-0.05, 0) is 95.0 Å². The fraction of sp³-hybridized carbons (Fsp3) is 0.333. The summed E-state index contributed by atoms with van der Waals surface area (Å²) in [5.41, 5.74) is -1.33.